The quantitative estimate of drug-likeness (QED) is 0.704. The number of carbonyl (C=O) groups is 1. The van der Waals surface area contributed by atoms with E-state index in [1.54, 1.807) is 12.3 Å². The van der Waals surface area contributed by atoms with Crippen LogP contribution in [0.1, 0.15) is 19.4 Å². The van der Waals surface area contributed by atoms with Gasteiger partial charge in [0.05, 0.1) is 5.41 Å². The maximum Gasteiger partial charge on any atom is 0.234 e. The van der Waals surface area contributed by atoms with Gasteiger partial charge in [0.25, 0.3) is 0 Å². The SMILES string of the molecule is CN1CCN(c2ccc(NC(=O)C(C)(C)c3c[nH]c4cc(F)ccc34)cc2)CC1. The van der Waals surface area contributed by atoms with Gasteiger partial charge in [-0.05, 0) is 68.9 Å². The molecule has 6 heteroatoms. The lowest BCUT2D eigenvalue weighted by Gasteiger charge is -2.34. The number of carbonyl (C=O) groups excluding carboxylic acids is 1. The minimum atomic E-state index is -0.772. The molecule has 3 aromatic rings. The van der Waals surface area contributed by atoms with Gasteiger partial charge in [0.15, 0.2) is 0 Å². The molecule has 0 spiro atoms. The van der Waals surface area contributed by atoms with Crippen molar-refractivity contribution in [1.82, 2.24) is 9.88 Å². The van der Waals surface area contributed by atoms with E-state index in [2.05, 4.69) is 39.3 Å². The molecule has 1 saturated heterocycles. The average Bonchev–Trinajstić information content (AvgIpc) is 3.13. The van der Waals surface area contributed by atoms with Crippen LogP contribution in [0.2, 0.25) is 0 Å². The molecule has 0 saturated carbocycles. The number of rotatable bonds is 4. The van der Waals surface area contributed by atoms with Gasteiger partial charge in [-0.1, -0.05) is 0 Å². The van der Waals surface area contributed by atoms with Crippen molar-refractivity contribution in [1.29, 1.82) is 0 Å². The molecule has 0 atom stereocenters. The molecule has 2 N–H and O–H groups in total. The molecule has 0 bridgehead atoms. The summed E-state index contributed by atoms with van der Waals surface area (Å²) >= 11 is 0. The average molecular weight is 394 g/mol. The molecule has 0 aliphatic carbocycles. The summed E-state index contributed by atoms with van der Waals surface area (Å²) in [4.78, 5) is 20.8. The second-order valence-electron chi connectivity index (χ2n) is 8.31. The standard InChI is InChI=1S/C23H27FN4O/c1-23(2,20-15-25-21-14-16(24)4-9-19(20)21)22(29)26-17-5-7-18(8-6-17)28-12-10-27(3)11-13-28/h4-9,14-15,25H,10-13H2,1-3H3,(H,26,29). The van der Waals surface area contributed by atoms with Crippen LogP contribution >= 0.6 is 0 Å². The molecule has 1 aromatic heterocycles. The number of hydrogen-bond donors (Lipinski definition) is 2. The van der Waals surface area contributed by atoms with Crippen LogP contribution < -0.4 is 10.2 Å². The van der Waals surface area contributed by atoms with Gasteiger partial charge in [0.1, 0.15) is 5.82 Å². The predicted molar refractivity (Wildman–Crippen MR) is 116 cm³/mol. The molecule has 2 heterocycles. The van der Waals surface area contributed by atoms with Gasteiger partial charge >= 0.3 is 0 Å². The number of nitrogens with zero attached hydrogens (tertiary/aromatic N) is 2. The number of benzene rings is 2. The van der Waals surface area contributed by atoms with Crippen molar-refractivity contribution in [2.45, 2.75) is 19.3 Å². The molecule has 1 aliphatic rings. The first-order valence-electron chi connectivity index (χ1n) is 9.97. The van der Waals surface area contributed by atoms with Crippen LogP contribution in [0.3, 0.4) is 0 Å². The highest BCUT2D eigenvalue weighted by Crippen LogP contribution is 2.32. The summed E-state index contributed by atoms with van der Waals surface area (Å²) in [6.07, 6.45) is 1.79. The Morgan fingerprint density at radius 1 is 1.07 bits per heavy atom. The summed E-state index contributed by atoms with van der Waals surface area (Å²) in [5, 5.41) is 3.89. The fraction of sp³-hybridized carbons (Fsp3) is 0.348. The van der Waals surface area contributed by atoms with Crippen LogP contribution in [-0.2, 0) is 10.2 Å². The number of hydrogen-bond acceptors (Lipinski definition) is 3. The summed E-state index contributed by atoms with van der Waals surface area (Å²) in [7, 11) is 2.14. The second kappa shape index (κ2) is 7.52. The van der Waals surface area contributed by atoms with Crippen molar-refractivity contribution < 1.29 is 9.18 Å². The number of fused-ring (bicyclic) bond motifs is 1. The number of H-pyrrole nitrogens is 1. The van der Waals surface area contributed by atoms with Crippen molar-refractivity contribution in [2.75, 3.05) is 43.4 Å². The summed E-state index contributed by atoms with van der Waals surface area (Å²) in [6.45, 7) is 7.90. The number of aromatic nitrogens is 1. The Kier molecular flexibility index (Phi) is 5.04. The van der Waals surface area contributed by atoms with Crippen LogP contribution in [0.4, 0.5) is 15.8 Å². The second-order valence-corrected chi connectivity index (χ2v) is 8.31. The summed E-state index contributed by atoms with van der Waals surface area (Å²) in [6, 6.07) is 12.6. The molecular weight excluding hydrogens is 367 g/mol. The molecule has 5 nitrogen and oxygen atoms in total. The normalized spacial score (nSPS) is 15.7. The molecule has 29 heavy (non-hydrogen) atoms. The van der Waals surface area contributed by atoms with Gasteiger partial charge in [-0.2, -0.15) is 0 Å². The van der Waals surface area contributed by atoms with E-state index in [1.165, 1.54) is 17.8 Å². The molecule has 1 fully saturated rings. The van der Waals surface area contributed by atoms with Crippen LogP contribution in [0, 0.1) is 5.82 Å². The van der Waals surface area contributed by atoms with Crippen molar-refractivity contribution in [3.8, 4) is 0 Å². The van der Waals surface area contributed by atoms with E-state index >= 15 is 0 Å². The lowest BCUT2D eigenvalue weighted by Crippen LogP contribution is -2.44. The number of amides is 1. The Labute approximate surface area is 170 Å². The van der Waals surface area contributed by atoms with Crippen LogP contribution in [-0.4, -0.2) is 49.0 Å². The Morgan fingerprint density at radius 2 is 1.76 bits per heavy atom. The molecule has 152 valence electrons. The fourth-order valence-corrected chi connectivity index (χ4v) is 3.85. The van der Waals surface area contributed by atoms with Gasteiger partial charge in [-0.15, -0.1) is 0 Å². The number of halogens is 1. The van der Waals surface area contributed by atoms with E-state index in [4.69, 9.17) is 0 Å². The van der Waals surface area contributed by atoms with Crippen molar-refractivity contribution in [3.05, 3.63) is 60.0 Å². The Hall–Kier alpha value is -2.86. The topological polar surface area (TPSA) is 51.4 Å². The minimum Gasteiger partial charge on any atom is -0.369 e. The van der Waals surface area contributed by atoms with Crippen molar-refractivity contribution in [3.63, 3.8) is 0 Å². The van der Waals surface area contributed by atoms with Crippen molar-refractivity contribution in [2.24, 2.45) is 0 Å². The Bertz CT molecular complexity index is 1020. The van der Waals surface area contributed by atoms with Crippen LogP contribution in [0.25, 0.3) is 10.9 Å². The maximum atomic E-state index is 13.5. The first-order valence-corrected chi connectivity index (χ1v) is 9.97. The smallest absolute Gasteiger partial charge is 0.234 e. The lowest BCUT2D eigenvalue weighted by atomic mass is 9.83. The van der Waals surface area contributed by atoms with Crippen LogP contribution in [0.5, 0.6) is 0 Å². The van der Waals surface area contributed by atoms with Gasteiger partial charge in [-0.25, -0.2) is 4.39 Å². The van der Waals surface area contributed by atoms with E-state index < -0.39 is 5.41 Å². The molecular formula is C23H27FN4O. The summed E-state index contributed by atoms with van der Waals surface area (Å²) < 4.78 is 13.5. The monoisotopic (exact) mass is 394 g/mol. The highest BCUT2D eigenvalue weighted by atomic mass is 19.1. The number of nitrogens with one attached hydrogen (secondary N) is 2. The van der Waals surface area contributed by atoms with E-state index in [-0.39, 0.29) is 11.7 Å². The molecule has 1 aliphatic heterocycles. The largest absolute Gasteiger partial charge is 0.369 e. The first-order chi connectivity index (χ1) is 13.8. The third kappa shape index (κ3) is 3.85. The van der Waals surface area contributed by atoms with E-state index in [9.17, 15) is 9.18 Å². The number of anilines is 2. The molecule has 4 rings (SSSR count). The first kappa shape index (κ1) is 19.5. The lowest BCUT2D eigenvalue weighted by molar-refractivity contribution is -0.120. The van der Waals surface area contributed by atoms with Crippen LogP contribution in [0.15, 0.2) is 48.7 Å². The van der Waals surface area contributed by atoms with Gasteiger partial charge < -0.3 is 20.1 Å². The number of aromatic amines is 1. The zero-order chi connectivity index (χ0) is 20.6. The molecule has 0 unspecified atom stereocenters. The molecule has 2 aromatic carbocycles. The fourth-order valence-electron chi connectivity index (χ4n) is 3.85. The van der Waals surface area contributed by atoms with Gasteiger partial charge in [-0.3, -0.25) is 4.79 Å². The minimum absolute atomic E-state index is 0.102. The third-order valence-electron chi connectivity index (χ3n) is 5.88. The highest BCUT2D eigenvalue weighted by Gasteiger charge is 2.32. The zero-order valence-electron chi connectivity index (χ0n) is 17.1. The summed E-state index contributed by atoms with van der Waals surface area (Å²) in [5.74, 6) is -0.399. The van der Waals surface area contributed by atoms with Crippen molar-refractivity contribution >= 4 is 28.2 Å². The molecule has 0 radical (unpaired) electrons. The third-order valence-corrected chi connectivity index (χ3v) is 5.88. The Morgan fingerprint density at radius 3 is 2.45 bits per heavy atom. The van der Waals surface area contributed by atoms with E-state index in [0.717, 1.165) is 42.8 Å². The Balaban J connectivity index is 1.49. The maximum absolute atomic E-state index is 13.5. The zero-order valence-corrected chi connectivity index (χ0v) is 17.1. The predicted octanol–water partition coefficient (Wildman–Crippen LogP) is 3.98. The van der Waals surface area contributed by atoms with E-state index in [1.807, 2.05) is 26.0 Å². The number of likely N-dealkylation sites (N-methyl/N-ethyl adjacent to an activating group) is 1. The summed E-state index contributed by atoms with van der Waals surface area (Å²) in [5.41, 5.74) is 2.71. The molecule has 1 amide bonds. The number of piperazine rings is 1. The highest BCUT2D eigenvalue weighted by molar-refractivity contribution is 6.02. The van der Waals surface area contributed by atoms with E-state index in [0.29, 0.717) is 5.52 Å². The van der Waals surface area contributed by atoms with Gasteiger partial charge in [0, 0.05) is 54.7 Å². The van der Waals surface area contributed by atoms with Gasteiger partial charge in [0.2, 0.25) is 5.91 Å².